The van der Waals surface area contributed by atoms with Crippen LogP contribution in [0.2, 0.25) is 5.15 Å². The summed E-state index contributed by atoms with van der Waals surface area (Å²) in [6.07, 6.45) is 6.16. The Labute approximate surface area is 122 Å². The van der Waals surface area contributed by atoms with Crippen molar-refractivity contribution >= 4 is 23.5 Å². The van der Waals surface area contributed by atoms with Gasteiger partial charge in [0, 0.05) is 6.20 Å². The number of carbonyl (C=O) groups is 2. The lowest BCUT2D eigenvalue weighted by molar-refractivity contribution is -0.132. The predicted molar refractivity (Wildman–Crippen MR) is 74.1 cm³/mol. The van der Waals surface area contributed by atoms with Crippen molar-refractivity contribution in [3.63, 3.8) is 0 Å². The van der Waals surface area contributed by atoms with E-state index in [9.17, 15) is 9.59 Å². The minimum absolute atomic E-state index is 0.102. The normalized spacial score (nSPS) is 21.4. The highest BCUT2D eigenvalue weighted by molar-refractivity contribution is 6.29. The van der Waals surface area contributed by atoms with Crippen molar-refractivity contribution in [1.82, 2.24) is 15.2 Å². The number of aromatic nitrogens is 1. The summed E-state index contributed by atoms with van der Waals surface area (Å²) in [6.45, 7) is 0.245. The molecule has 20 heavy (non-hydrogen) atoms. The van der Waals surface area contributed by atoms with Crippen LogP contribution in [0.25, 0.3) is 0 Å². The van der Waals surface area contributed by atoms with Crippen LogP contribution in [-0.4, -0.2) is 27.4 Å². The quantitative estimate of drug-likeness (QED) is 0.673. The third kappa shape index (κ3) is 2.26. The Bertz CT molecular complexity index is 555. The first-order chi connectivity index (χ1) is 9.61. The second kappa shape index (κ2) is 5.05. The molecular weight excluding hydrogens is 278 g/mol. The smallest absolute Gasteiger partial charge is 0.323 e. The van der Waals surface area contributed by atoms with Gasteiger partial charge in [-0.3, -0.25) is 9.69 Å². The summed E-state index contributed by atoms with van der Waals surface area (Å²) >= 11 is 5.83. The van der Waals surface area contributed by atoms with E-state index in [1.807, 2.05) is 0 Å². The molecule has 0 radical (unpaired) electrons. The Morgan fingerprint density at radius 3 is 2.75 bits per heavy atom. The zero-order valence-corrected chi connectivity index (χ0v) is 11.8. The molecule has 106 valence electrons. The molecule has 3 rings (SSSR count). The van der Waals surface area contributed by atoms with Crippen LogP contribution in [0.15, 0.2) is 18.3 Å². The number of imide groups is 1. The predicted octanol–water partition coefficient (Wildman–Crippen LogP) is 2.49. The zero-order chi connectivity index (χ0) is 14.2. The van der Waals surface area contributed by atoms with E-state index in [1.54, 1.807) is 18.3 Å². The highest BCUT2D eigenvalue weighted by Crippen LogP contribution is 2.34. The average Bonchev–Trinajstić information content (AvgIpc) is 2.64. The first-order valence-corrected chi connectivity index (χ1v) is 7.23. The van der Waals surface area contributed by atoms with Crippen LogP contribution < -0.4 is 5.32 Å². The van der Waals surface area contributed by atoms with Gasteiger partial charge in [-0.15, -0.1) is 0 Å². The lowest BCUT2D eigenvalue weighted by atomic mass is 9.82. The van der Waals surface area contributed by atoms with Gasteiger partial charge in [-0.25, -0.2) is 9.78 Å². The number of pyridine rings is 1. The summed E-state index contributed by atoms with van der Waals surface area (Å²) in [5, 5.41) is 3.26. The van der Waals surface area contributed by atoms with Crippen LogP contribution in [0.5, 0.6) is 0 Å². The number of hydrogen-bond donors (Lipinski definition) is 1. The lowest BCUT2D eigenvalue weighted by Crippen LogP contribution is -2.48. The fourth-order valence-corrected chi connectivity index (χ4v) is 3.23. The van der Waals surface area contributed by atoms with E-state index in [0.29, 0.717) is 5.15 Å². The lowest BCUT2D eigenvalue weighted by Gasteiger charge is -2.30. The van der Waals surface area contributed by atoms with Crippen molar-refractivity contribution in [2.24, 2.45) is 0 Å². The monoisotopic (exact) mass is 293 g/mol. The maximum Gasteiger partial charge on any atom is 0.325 e. The molecule has 1 aromatic rings. The number of urea groups is 1. The zero-order valence-electron chi connectivity index (χ0n) is 11.1. The summed E-state index contributed by atoms with van der Waals surface area (Å²) < 4.78 is 0. The number of hydrogen-bond acceptors (Lipinski definition) is 3. The molecule has 1 N–H and O–H groups in total. The number of amides is 3. The first-order valence-electron chi connectivity index (χ1n) is 6.85. The standard InChI is InChI=1S/C14H16ClN3O2/c15-11-8-10(4-7-16-11)9-18-12(19)14(17-13(18)20)5-2-1-3-6-14/h4,7-8H,1-3,5-6,9H2,(H,17,20). The summed E-state index contributed by atoms with van der Waals surface area (Å²) in [5.74, 6) is -0.102. The van der Waals surface area contributed by atoms with Crippen LogP contribution in [0.1, 0.15) is 37.7 Å². The third-order valence-electron chi connectivity index (χ3n) is 4.08. The molecule has 2 heterocycles. The molecule has 1 aliphatic heterocycles. The van der Waals surface area contributed by atoms with Crippen LogP contribution in [0.4, 0.5) is 4.79 Å². The average molecular weight is 294 g/mol. The second-order valence-corrected chi connectivity index (χ2v) is 5.84. The van der Waals surface area contributed by atoms with Gasteiger partial charge in [-0.1, -0.05) is 30.9 Å². The molecule has 5 nitrogen and oxygen atoms in total. The second-order valence-electron chi connectivity index (χ2n) is 5.45. The fraction of sp³-hybridized carbons (Fsp3) is 0.500. The Kier molecular flexibility index (Phi) is 3.38. The maximum atomic E-state index is 12.6. The van der Waals surface area contributed by atoms with Crippen molar-refractivity contribution < 1.29 is 9.59 Å². The highest BCUT2D eigenvalue weighted by atomic mass is 35.5. The molecular formula is C14H16ClN3O2. The third-order valence-corrected chi connectivity index (χ3v) is 4.29. The number of halogens is 1. The summed E-state index contributed by atoms with van der Waals surface area (Å²) in [7, 11) is 0. The van der Waals surface area contributed by atoms with E-state index >= 15 is 0 Å². The number of carbonyl (C=O) groups excluding carboxylic acids is 2. The largest absolute Gasteiger partial charge is 0.325 e. The highest BCUT2D eigenvalue weighted by Gasteiger charge is 2.51. The SMILES string of the molecule is O=C1NC2(CCCCC2)C(=O)N1Cc1ccnc(Cl)c1. The molecule has 2 fully saturated rings. The van der Waals surface area contributed by atoms with Gasteiger partial charge in [0.25, 0.3) is 5.91 Å². The first kappa shape index (κ1) is 13.4. The van der Waals surface area contributed by atoms with Crippen molar-refractivity contribution in [3.05, 3.63) is 29.0 Å². The molecule has 1 aliphatic carbocycles. The molecule has 3 amide bonds. The molecule has 0 aromatic carbocycles. The molecule has 1 saturated carbocycles. The van der Waals surface area contributed by atoms with Gasteiger partial charge >= 0.3 is 6.03 Å². The van der Waals surface area contributed by atoms with Crippen LogP contribution in [-0.2, 0) is 11.3 Å². The van der Waals surface area contributed by atoms with Crippen molar-refractivity contribution in [2.75, 3.05) is 0 Å². The van der Waals surface area contributed by atoms with E-state index < -0.39 is 5.54 Å². The summed E-state index contributed by atoms with van der Waals surface area (Å²) in [5.41, 5.74) is 0.146. The van der Waals surface area contributed by atoms with E-state index in [1.165, 1.54) is 4.90 Å². The van der Waals surface area contributed by atoms with E-state index in [2.05, 4.69) is 10.3 Å². The number of nitrogens with zero attached hydrogens (tertiary/aromatic N) is 2. The van der Waals surface area contributed by atoms with Crippen LogP contribution >= 0.6 is 11.6 Å². The topological polar surface area (TPSA) is 62.3 Å². The Hall–Kier alpha value is -1.62. The Morgan fingerprint density at radius 2 is 2.05 bits per heavy atom. The Morgan fingerprint density at radius 1 is 1.30 bits per heavy atom. The van der Waals surface area contributed by atoms with Crippen molar-refractivity contribution in [2.45, 2.75) is 44.2 Å². The van der Waals surface area contributed by atoms with Gasteiger partial charge in [-0.05, 0) is 30.5 Å². The van der Waals surface area contributed by atoms with E-state index in [-0.39, 0.29) is 18.5 Å². The van der Waals surface area contributed by atoms with Gasteiger partial charge < -0.3 is 5.32 Å². The minimum atomic E-state index is -0.661. The molecule has 1 aromatic heterocycles. The summed E-state index contributed by atoms with van der Waals surface area (Å²) in [4.78, 5) is 29.9. The number of nitrogens with one attached hydrogen (secondary N) is 1. The summed E-state index contributed by atoms with van der Waals surface area (Å²) in [6, 6.07) is 3.14. The molecule has 0 bridgehead atoms. The molecule has 1 saturated heterocycles. The number of rotatable bonds is 2. The van der Waals surface area contributed by atoms with Gasteiger partial charge in [0.2, 0.25) is 0 Å². The maximum absolute atomic E-state index is 12.6. The van der Waals surface area contributed by atoms with E-state index in [0.717, 1.165) is 37.7 Å². The molecule has 0 unspecified atom stereocenters. The van der Waals surface area contributed by atoms with E-state index in [4.69, 9.17) is 11.6 Å². The molecule has 6 heteroatoms. The fourth-order valence-electron chi connectivity index (χ4n) is 3.04. The van der Waals surface area contributed by atoms with Crippen LogP contribution in [0, 0.1) is 0 Å². The molecule has 0 atom stereocenters. The van der Waals surface area contributed by atoms with Crippen molar-refractivity contribution in [1.29, 1.82) is 0 Å². The van der Waals surface area contributed by atoms with Gasteiger partial charge in [-0.2, -0.15) is 0 Å². The minimum Gasteiger partial charge on any atom is -0.323 e. The molecule has 1 spiro atoms. The van der Waals surface area contributed by atoms with Gasteiger partial charge in [0.05, 0.1) is 6.54 Å². The molecule has 2 aliphatic rings. The van der Waals surface area contributed by atoms with Crippen molar-refractivity contribution in [3.8, 4) is 0 Å². The van der Waals surface area contributed by atoms with Gasteiger partial charge in [0.15, 0.2) is 0 Å². The van der Waals surface area contributed by atoms with Crippen LogP contribution in [0.3, 0.4) is 0 Å². The van der Waals surface area contributed by atoms with Gasteiger partial charge in [0.1, 0.15) is 10.7 Å². The Balaban J connectivity index is 1.80.